The topological polar surface area (TPSA) is 102 Å². The summed E-state index contributed by atoms with van der Waals surface area (Å²) in [6, 6.07) is 4.61. The molecule has 0 bridgehead atoms. The molecule has 3 amide bonds. The van der Waals surface area contributed by atoms with E-state index in [0.29, 0.717) is 56.3 Å². The Hall–Kier alpha value is -2.61. The molecule has 3 heterocycles. The van der Waals surface area contributed by atoms with Crippen LogP contribution in [0.4, 0.5) is 5.69 Å². The van der Waals surface area contributed by atoms with Crippen molar-refractivity contribution in [1.82, 2.24) is 4.90 Å². The highest BCUT2D eigenvalue weighted by atomic mass is 16.6. The number of piperidine rings is 1. The Bertz CT molecular complexity index is 757. The van der Waals surface area contributed by atoms with Gasteiger partial charge in [-0.1, -0.05) is 0 Å². The van der Waals surface area contributed by atoms with Gasteiger partial charge >= 0.3 is 0 Å². The third-order valence-corrected chi connectivity index (χ3v) is 5.28. The van der Waals surface area contributed by atoms with Gasteiger partial charge in [-0.25, -0.2) is 4.90 Å². The van der Waals surface area contributed by atoms with Gasteiger partial charge in [-0.2, -0.15) is 0 Å². The van der Waals surface area contributed by atoms with Crippen LogP contribution >= 0.6 is 0 Å². The SMILES string of the molecule is NC(=O)C1CCN([C@H]2CC(=O)N(c3ccc4c(c3)OCCO4)C2=O)CC1. The van der Waals surface area contributed by atoms with Gasteiger partial charge in [-0.15, -0.1) is 0 Å². The van der Waals surface area contributed by atoms with Crippen LogP contribution in [-0.2, 0) is 14.4 Å². The summed E-state index contributed by atoms with van der Waals surface area (Å²) in [5, 5.41) is 0. The zero-order valence-corrected chi connectivity index (χ0v) is 14.3. The summed E-state index contributed by atoms with van der Waals surface area (Å²) in [5.74, 6) is 0.255. The molecule has 0 aromatic heterocycles. The zero-order chi connectivity index (χ0) is 18.3. The van der Waals surface area contributed by atoms with E-state index in [1.807, 2.05) is 4.90 Å². The Kier molecular flexibility index (Phi) is 4.28. The molecule has 0 aliphatic carbocycles. The van der Waals surface area contributed by atoms with Crippen molar-refractivity contribution in [2.45, 2.75) is 25.3 Å². The minimum atomic E-state index is -0.482. The van der Waals surface area contributed by atoms with Crippen molar-refractivity contribution in [1.29, 1.82) is 0 Å². The van der Waals surface area contributed by atoms with Crippen LogP contribution in [0.1, 0.15) is 19.3 Å². The first-order chi connectivity index (χ1) is 12.5. The van der Waals surface area contributed by atoms with Crippen molar-refractivity contribution in [3.8, 4) is 11.5 Å². The number of benzene rings is 1. The number of anilines is 1. The number of fused-ring (bicyclic) bond motifs is 1. The number of primary amides is 1. The molecule has 0 unspecified atom stereocenters. The first kappa shape index (κ1) is 16.8. The zero-order valence-electron chi connectivity index (χ0n) is 14.3. The first-order valence-corrected chi connectivity index (χ1v) is 8.84. The van der Waals surface area contributed by atoms with Gasteiger partial charge in [-0.3, -0.25) is 19.3 Å². The lowest BCUT2D eigenvalue weighted by Crippen LogP contribution is -2.47. The Balaban J connectivity index is 1.50. The quantitative estimate of drug-likeness (QED) is 0.778. The van der Waals surface area contributed by atoms with E-state index >= 15 is 0 Å². The highest BCUT2D eigenvalue weighted by Gasteiger charge is 2.44. The summed E-state index contributed by atoms with van der Waals surface area (Å²) in [7, 11) is 0. The van der Waals surface area contributed by atoms with Crippen molar-refractivity contribution < 1.29 is 23.9 Å². The first-order valence-electron chi connectivity index (χ1n) is 8.84. The Labute approximate surface area is 150 Å². The molecule has 2 N–H and O–H groups in total. The minimum Gasteiger partial charge on any atom is -0.486 e. The summed E-state index contributed by atoms with van der Waals surface area (Å²) in [6.07, 6.45) is 1.39. The lowest BCUT2D eigenvalue weighted by atomic mass is 9.95. The number of imide groups is 1. The number of carbonyl (C=O) groups is 3. The summed E-state index contributed by atoms with van der Waals surface area (Å²) < 4.78 is 11.0. The van der Waals surface area contributed by atoms with E-state index in [-0.39, 0.29) is 30.1 Å². The molecule has 8 heteroatoms. The summed E-state index contributed by atoms with van der Waals surface area (Å²) in [6.45, 7) is 2.10. The standard InChI is InChI=1S/C18H21N3O5/c19-17(23)11-3-5-20(6-4-11)13-10-16(22)21(18(13)24)12-1-2-14-15(9-12)26-8-7-25-14/h1-2,9,11,13H,3-8,10H2,(H2,19,23)/t13-/m0/s1. The highest BCUT2D eigenvalue weighted by molar-refractivity contribution is 6.22. The van der Waals surface area contributed by atoms with E-state index in [2.05, 4.69) is 0 Å². The van der Waals surface area contributed by atoms with Crippen LogP contribution in [0.2, 0.25) is 0 Å². The second kappa shape index (κ2) is 6.60. The fourth-order valence-electron chi connectivity index (χ4n) is 3.84. The summed E-state index contributed by atoms with van der Waals surface area (Å²) >= 11 is 0. The third kappa shape index (κ3) is 2.90. The van der Waals surface area contributed by atoms with Crippen LogP contribution in [0, 0.1) is 5.92 Å². The maximum absolute atomic E-state index is 12.9. The van der Waals surface area contributed by atoms with Crippen LogP contribution < -0.4 is 20.1 Å². The Morgan fingerprint density at radius 3 is 2.46 bits per heavy atom. The van der Waals surface area contributed by atoms with Crippen LogP contribution in [0.5, 0.6) is 11.5 Å². The van der Waals surface area contributed by atoms with E-state index in [4.69, 9.17) is 15.2 Å². The minimum absolute atomic E-state index is 0.146. The fraction of sp³-hybridized carbons (Fsp3) is 0.500. The number of amides is 3. The predicted molar refractivity (Wildman–Crippen MR) is 91.8 cm³/mol. The van der Waals surface area contributed by atoms with Crippen LogP contribution in [0.25, 0.3) is 0 Å². The molecule has 0 radical (unpaired) electrons. The molecular weight excluding hydrogens is 338 g/mol. The second-order valence-electron chi connectivity index (χ2n) is 6.83. The molecule has 3 aliphatic rings. The number of carbonyl (C=O) groups excluding carboxylic acids is 3. The predicted octanol–water partition coefficient (Wildman–Crippen LogP) is 0.287. The molecule has 1 aromatic carbocycles. The number of nitrogens with two attached hydrogens (primary N) is 1. The van der Waals surface area contributed by atoms with Gasteiger partial charge in [0.15, 0.2) is 11.5 Å². The summed E-state index contributed by atoms with van der Waals surface area (Å²) in [5.41, 5.74) is 5.86. The van der Waals surface area contributed by atoms with Crippen molar-refractivity contribution in [2.24, 2.45) is 11.7 Å². The van der Waals surface area contributed by atoms with Gasteiger partial charge in [0.05, 0.1) is 18.2 Å². The molecule has 2 saturated heterocycles. The van der Waals surface area contributed by atoms with Gasteiger partial charge in [0.2, 0.25) is 11.8 Å². The molecular formula is C18H21N3O5. The molecule has 26 heavy (non-hydrogen) atoms. The van der Waals surface area contributed by atoms with E-state index in [0.717, 1.165) is 0 Å². The van der Waals surface area contributed by atoms with Crippen molar-refractivity contribution in [3.63, 3.8) is 0 Å². The second-order valence-corrected chi connectivity index (χ2v) is 6.83. The van der Waals surface area contributed by atoms with Gasteiger partial charge < -0.3 is 15.2 Å². The van der Waals surface area contributed by atoms with Crippen LogP contribution in [-0.4, -0.2) is 55.0 Å². The largest absolute Gasteiger partial charge is 0.486 e. The molecule has 1 atom stereocenters. The van der Waals surface area contributed by atoms with Crippen LogP contribution in [0.15, 0.2) is 18.2 Å². The van der Waals surface area contributed by atoms with E-state index in [9.17, 15) is 14.4 Å². The maximum Gasteiger partial charge on any atom is 0.251 e. The monoisotopic (exact) mass is 359 g/mol. The molecule has 0 saturated carbocycles. The number of ether oxygens (including phenoxy) is 2. The number of rotatable bonds is 3. The third-order valence-electron chi connectivity index (χ3n) is 5.28. The number of hydrogen-bond acceptors (Lipinski definition) is 6. The smallest absolute Gasteiger partial charge is 0.251 e. The molecule has 138 valence electrons. The molecule has 0 spiro atoms. The van der Waals surface area contributed by atoms with Crippen molar-refractivity contribution in [3.05, 3.63) is 18.2 Å². The van der Waals surface area contributed by atoms with E-state index in [1.165, 1.54) is 4.90 Å². The maximum atomic E-state index is 12.9. The number of nitrogens with zero attached hydrogens (tertiary/aromatic N) is 2. The van der Waals surface area contributed by atoms with Gasteiger partial charge in [0.1, 0.15) is 13.2 Å². The lowest BCUT2D eigenvalue weighted by Gasteiger charge is -2.33. The molecule has 2 fully saturated rings. The van der Waals surface area contributed by atoms with E-state index < -0.39 is 6.04 Å². The van der Waals surface area contributed by atoms with Gasteiger partial charge in [0, 0.05) is 12.0 Å². The number of hydrogen-bond donors (Lipinski definition) is 1. The Morgan fingerprint density at radius 2 is 1.77 bits per heavy atom. The van der Waals surface area contributed by atoms with Gasteiger partial charge in [0.25, 0.3) is 5.91 Å². The van der Waals surface area contributed by atoms with E-state index in [1.54, 1.807) is 18.2 Å². The Morgan fingerprint density at radius 1 is 1.08 bits per heavy atom. The fourth-order valence-corrected chi connectivity index (χ4v) is 3.84. The van der Waals surface area contributed by atoms with Gasteiger partial charge in [-0.05, 0) is 38.1 Å². The van der Waals surface area contributed by atoms with Crippen molar-refractivity contribution >= 4 is 23.4 Å². The average Bonchev–Trinajstić information content (AvgIpc) is 2.95. The molecule has 4 rings (SSSR count). The normalized spacial score (nSPS) is 24.2. The molecule has 3 aliphatic heterocycles. The molecule has 8 nitrogen and oxygen atoms in total. The number of likely N-dealkylation sites (tertiary alicyclic amines) is 1. The average molecular weight is 359 g/mol. The van der Waals surface area contributed by atoms with Crippen molar-refractivity contribution in [2.75, 3.05) is 31.2 Å². The lowest BCUT2D eigenvalue weighted by molar-refractivity contribution is -0.124. The molecule has 1 aromatic rings. The highest BCUT2D eigenvalue weighted by Crippen LogP contribution is 2.36. The van der Waals surface area contributed by atoms with Crippen LogP contribution in [0.3, 0.4) is 0 Å². The summed E-state index contributed by atoms with van der Waals surface area (Å²) in [4.78, 5) is 39.9.